The molecule has 0 spiro atoms. The Kier molecular flexibility index (Phi) is 6.27. The standard InChI is InChI=1S/C23H28N6O2S/c1-15(2)9-10-20-25-21(31-28-20)14-32-23-27-26-22(29(23)13-16-6-5-11-30-16)18-12-24-19-8-4-3-7-17(18)19/h3-4,7-8,12,15-16,24H,5-6,9-11,13-14H2,1-2H3/t16-/m1/s1. The van der Waals surface area contributed by atoms with Gasteiger partial charge in [-0.3, -0.25) is 4.57 Å². The minimum Gasteiger partial charge on any atom is -0.376 e. The highest BCUT2D eigenvalue weighted by molar-refractivity contribution is 7.98. The Morgan fingerprint density at radius 1 is 1.25 bits per heavy atom. The van der Waals surface area contributed by atoms with Gasteiger partial charge >= 0.3 is 0 Å². The maximum absolute atomic E-state index is 5.92. The summed E-state index contributed by atoms with van der Waals surface area (Å²) in [5.41, 5.74) is 2.13. The van der Waals surface area contributed by atoms with Gasteiger partial charge in [-0.2, -0.15) is 4.98 Å². The summed E-state index contributed by atoms with van der Waals surface area (Å²) in [6.45, 7) is 5.94. The molecule has 0 amide bonds. The van der Waals surface area contributed by atoms with Gasteiger partial charge in [-0.1, -0.05) is 49.0 Å². The third-order valence-electron chi connectivity index (χ3n) is 5.74. The van der Waals surface area contributed by atoms with Crippen molar-refractivity contribution in [3.8, 4) is 11.4 Å². The highest BCUT2D eigenvalue weighted by atomic mass is 32.2. The zero-order valence-electron chi connectivity index (χ0n) is 18.5. The van der Waals surface area contributed by atoms with Crippen molar-refractivity contribution in [2.75, 3.05) is 6.61 Å². The quantitative estimate of drug-likeness (QED) is 0.362. The van der Waals surface area contributed by atoms with Crippen molar-refractivity contribution in [2.45, 2.75) is 63.1 Å². The summed E-state index contributed by atoms with van der Waals surface area (Å²) in [4.78, 5) is 7.89. The van der Waals surface area contributed by atoms with Crippen LogP contribution in [0.25, 0.3) is 22.3 Å². The van der Waals surface area contributed by atoms with Crippen molar-refractivity contribution in [1.29, 1.82) is 0 Å². The highest BCUT2D eigenvalue weighted by Gasteiger charge is 2.23. The largest absolute Gasteiger partial charge is 0.376 e. The van der Waals surface area contributed by atoms with Crippen molar-refractivity contribution in [2.24, 2.45) is 5.92 Å². The third-order valence-corrected chi connectivity index (χ3v) is 6.69. The van der Waals surface area contributed by atoms with E-state index in [9.17, 15) is 0 Å². The molecule has 1 aromatic carbocycles. The molecule has 4 heterocycles. The van der Waals surface area contributed by atoms with Crippen LogP contribution in [0.1, 0.15) is 44.8 Å². The number of aromatic amines is 1. The molecule has 1 saturated heterocycles. The van der Waals surface area contributed by atoms with Crippen LogP contribution in [0, 0.1) is 5.92 Å². The molecule has 1 fully saturated rings. The summed E-state index contributed by atoms with van der Waals surface area (Å²) in [6, 6.07) is 8.25. The van der Waals surface area contributed by atoms with Gasteiger partial charge in [0.2, 0.25) is 5.89 Å². The monoisotopic (exact) mass is 452 g/mol. The number of nitrogens with zero attached hydrogens (tertiary/aromatic N) is 5. The van der Waals surface area contributed by atoms with Crippen LogP contribution in [0.5, 0.6) is 0 Å². The van der Waals surface area contributed by atoms with Crippen LogP contribution in [0.15, 0.2) is 40.1 Å². The lowest BCUT2D eigenvalue weighted by atomic mass is 10.1. The Morgan fingerprint density at radius 3 is 3.00 bits per heavy atom. The first-order valence-electron chi connectivity index (χ1n) is 11.2. The van der Waals surface area contributed by atoms with E-state index in [1.807, 2.05) is 18.3 Å². The van der Waals surface area contributed by atoms with E-state index in [1.54, 1.807) is 11.8 Å². The molecule has 4 aromatic rings. The second-order valence-corrected chi connectivity index (χ2v) is 9.57. The number of H-pyrrole nitrogens is 1. The van der Waals surface area contributed by atoms with Crippen LogP contribution < -0.4 is 0 Å². The molecule has 0 unspecified atom stereocenters. The second kappa shape index (κ2) is 9.46. The van der Waals surface area contributed by atoms with Gasteiger partial charge in [0.15, 0.2) is 16.8 Å². The van der Waals surface area contributed by atoms with E-state index >= 15 is 0 Å². The third kappa shape index (κ3) is 4.59. The number of rotatable bonds is 9. The number of ether oxygens (including phenoxy) is 1. The van der Waals surface area contributed by atoms with Crippen molar-refractivity contribution in [3.05, 3.63) is 42.2 Å². The number of hydrogen-bond donors (Lipinski definition) is 1. The SMILES string of the molecule is CC(C)CCc1noc(CSc2nnc(-c3c[nH]c4ccccc34)n2C[C@H]2CCCO2)n1. The molecule has 1 N–H and O–H groups in total. The number of para-hydroxylation sites is 1. The molecular weight excluding hydrogens is 424 g/mol. The summed E-state index contributed by atoms with van der Waals surface area (Å²) < 4.78 is 13.6. The van der Waals surface area contributed by atoms with Crippen molar-refractivity contribution in [1.82, 2.24) is 29.9 Å². The van der Waals surface area contributed by atoms with Crippen LogP contribution >= 0.6 is 11.8 Å². The zero-order chi connectivity index (χ0) is 21.9. The molecule has 0 radical (unpaired) electrons. The van der Waals surface area contributed by atoms with Gasteiger partial charge in [-0.25, -0.2) is 0 Å². The maximum atomic E-state index is 5.92. The van der Waals surface area contributed by atoms with Crippen molar-refractivity contribution in [3.63, 3.8) is 0 Å². The van der Waals surface area contributed by atoms with Gasteiger partial charge in [0.05, 0.1) is 18.4 Å². The summed E-state index contributed by atoms with van der Waals surface area (Å²) in [6.07, 6.45) is 6.23. The number of fused-ring (bicyclic) bond motifs is 1. The molecule has 0 aliphatic carbocycles. The molecule has 1 aliphatic heterocycles. The number of benzene rings is 1. The molecule has 168 valence electrons. The molecular formula is C23H28N6O2S. The lowest BCUT2D eigenvalue weighted by molar-refractivity contribution is 0.0953. The summed E-state index contributed by atoms with van der Waals surface area (Å²) in [7, 11) is 0. The minimum atomic E-state index is 0.181. The minimum absolute atomic E-state index is 0.181. The second-order valence-electron chi connectivity index (χ2n) is 8.63. The van der Waals surface area contributed by atoms with Gasteiger partial charge in [0.1, 0.15) is 0 Å². The van der Waals surface area contributed by atoms with Crippen LogP contribution in [-0.2, 0) is 23.5 Å². The molecule has 8 nitrogen and oxygen atoms in total. The molecule has 1 aliphatic rings. The van der Waals surface area contributed by atoms with Crippen LogP contribution in [0.3, 0.4) is 0 Å². The van der Waals surface area contributed by atoms with Gasteiger partial charge in [-0.15, -0.1) is 10.2 Å². The van der Waals surface area contributed by atoms with E-state index in [-0.39, 0.29) is 6.10 Å². The fourth-order valence-electron chi connectivity index (χ4n) is 4.00. The predicted octanol–water partition coefficient (Wildman–Crippen LogP) is 4.87. The van der Waals surface area contributed by atoms with Gasteiger partial charge in [-0.05, 0) is 31.2 Å². The Morgan fingerprint density at radius 2 is 2.16 bits per heavy atom. The van der Waals surface area contributed by atoms with E-state index in [0.29, 0.717) is 17.6 Å². The molecule has 5 rings (SSSR count). The summed E-state index contributed by atoms with van der Waals surface area (Å²) >= 11 is 1.57. The van der Waals surface area contributed by atoms with Crippen LogP contribution in [-0.4, -0.2) is 42.6 Å². The first-order chi connectivity index (χ1) is 15.7. The van der Waals surface area contributed by atoms with Gasteiger partial charge in [0.25, 0.3) is 0 Å². The molecule has 0 saturated carbocycles. The van der Waals surface area contributed by atoms with Crippen molar-refractivity contribution < 1.29 is 9.26 Å². The van der Waals surface area contributed by atoms with Crippen LogP contribution in [0.4, 0.5) is 0 Å². The Bertz CT molecular complexity index is 1170. The average molecular weight is 453 g/mol. The molecule has 0 bridgehead atoms. The number of hydrogen-bond acceptors (Lipinski definition) is 7. The van der Waals surface area contributed by atoms with E-state index in [1.165, 1.54) is 0 Å². The Balaban J connectivity index is 1.38. The first-order valence-corrected chi connectivity index (χ1v) is 12.2. The molecule has 9 heteroatoms. The highest BCUT2D eigenvalue weighted by Crippen LogP contribution is 2.32. The normalized spacial score (nSPS) is 16.5. The molecule has 3 aromatic heterocycles. The molecule has 1 atom stereocenters. The number of nitrogens with one attached hydrogen (secondary N) is 1. The van der Waals surface area contributed by atoms with E-state index in [2.05, 4.69) is 55.9 Å². The Hall–Kier alpha value is -2.65. The van der Waals surface area contributed by atoms with Gasteiger partial charge < -0.3 is 14.2 Å². The summed E-state index contributed by atoms with van der Waals surface area (Å²) in [5, 5.41) is 15.2. The fourth-order valence-corrected chi connectivity index (χ4v) is 4.79. The zero-order valence-corrected chi connectivity index (χ0v) is 19.3. The molecule has 32 heavy (non-hydrogen) atoms. The maximum Gasteiger partial charge on any atom is 0.237 e. The number of thioether (sulfide) groups is 1. The lowest BCUT2D eigenvalue weighted by Gasteiger charge is -2.14. The topological polar surface area (TPSA) is 94.7 Å². The van der Waals surface area contributed by atoms with E-state index in [0.717, 1.165) is 72.1 Å². The Labute approximate surface area is 191 Å². The summed E-state index contributed by atoms with van der Waals surface area (Å²) in [5.74, 6) is 3.42. The average Bonchev–Trinajstić information content (AvgIpc) is 3.58. The number of aryl methyl sites for hydroxylation is 1. The predicted molar refractivity (Wildman–Crippen MR) is 123 cm³/mol. The number of aromatic nitrogens is 6. The van der Waals surface area contributed by atoms with Gasteiger partial charge in [0, 0.05) is 35.7 Å². The smallest absolute Gasteiger partial charge is 0.237 e. The fraction of sp³-hybridized carbons (Fsp3) is 0.478. The van der Waals surface area contributed by atoms with E-state index < -0.39 is 0 Å². The first kappa shape index (κ1) is 21.2. The van der Waals surface area contributed by atoms with E-state index in [4.69, 9.17) is 9.26 Å². The van der Waals surface area contributed by atoms with Crippen molar-refractivity contribution >= 4 is 22.7 Å². The van der Waals surface area contributed by atoms with Crippen LogP contribution in [0.2, 0.25) is 0 Å². The lowest BCUT2D eigenvalue weighted by Crippen LogP contribution is -2.16.